The van der Waals surface area contributed by atoms with Gasteiger partial charge in [-0.1, -0.05) is 19.3 Å². The monoisotopic (exact) mass is 285 g/mol. The van der Waals surface area contributed by atoms with E-state index in [1.54, 1.807) is 6.92 Å². The fourth-order valence-electron chi connectivity index (χ4n) is 2.61. The number of primary amides is 1. The van der Waals surface area contributed by atoms with E-state index in [9.17, 15) is 19.5 Å². The van der Waals surface area contributed by atoms with Crippen LogP contribution < -0.4 is 16.4 Å². The first-order valence-electron chi connectivity index (χ1n) is 6.98. The van der Waals surface area contributed by atoms with Gasteiger partial charge in [0.1, 0.15) is 6.04 Å². The SMILES string of the molecule is CC(CC(N)=O)NC(=O)NC(C(=O)O)C1CCCCC1. The molecule has 7 nitrogen and oxygen atoms in total. The van der Waals surface area contributed by atoms with Gasteiger partial charge in [-0.2, -0.15) is 0 Å². The van der Waals surface area contributed by atoms with Crippen molar-refractivity contribution in [3.05, 3.63) is 0 Å². The average molecular weight is 285 g/mol. The highest BCUT2D eigenvalue weighted by atomic mass is 16.4. The maximum absolute atomic E-state index is 11.8. The fourth-order valence-corrected chi connectivity index (χ4v) is 2.61. The molecule has 0 aromatic rings. The number of nitrogens with one attached hydrogen (secondary N) is 2. The van der Waals surface area contributed by atoms with Crippen LogP contribution >= 0.6 is 0 Å². The Morgan fingerprint density at radius 2 is 1.80 bits per heavy atom. The number of hydrogen-bond acceptors (Lipinski definition) is 3. The topological polar surface area (TPSA) is 122 Å². The molecule has 0 saturated heterocycles. The normalized spacial score (nSPS) is 18.9. The van der Waals surface area contributed by atoms with Gasteiger partial charge in [-0.25, -0.2) is 9.59 Å². The largest absolute Gasteiger partial charge is 0.480 e. The molecule has 1 saturated carbocycles. The summed E-state index contributed by atoms with van der Waals surface area (Å²) >= 11 is 0. The van der Waals surface area contributed by atoms with Crippen LogP contribution in [0, 0.1) is 5.92 Å². The molecule has 0 aromatic heterocycles. The number of carboxylic acid groups (broad SMARTS) is 1. The summed E-state index contributed by atoms with van der Waals surface area (Å²) in [5, 5.41) is 14.2. The number of hydrogen-bond donors (Lipinski definition) is 4. The van der Waals surface area contributed by atoms with Crippen molar-refractivity contribution in [3.8, 4) is 0 Å². The van der Waals surface area contributed by atoms with E-state index in [0.29, 0.717) is 0 Å². The van der Waals surface area contributed by atoms with Gasteiger partial charge in [0.25, 0.3) is 0 Å². The van der Waals surface area contributed by atoms with Crippen molar-refractivity contribution in [2.75, 3.05) is 0 Å². The summed E-state index contributed by atoms with van der Waals surface area (Å²) in [5.74, 6) is -1.56. The van der Waals surface area contributed by atoms with E-state index in [4.69, 9.17) is 5.73 Å². The molecule has 1 aliphatic carbocycles. The second-order valence-electron chi connectivity index (χ2n) is 5.40. The lowest BCUT2D eigenvalue weighted by Crippen LogP contribution is -2.52. The van der Waals surface area contributed by atoms with Crippen LogP contribution in [0.5, 0.6) is 0 Å². The summed E-state index contributed by atoms with van der Waals surface area (Å²) in [5.41, 5.74) is 5.03. The number of urea groups is 1. The van der Waals surface area contributed by atoms with Crippen molar-refractivity contribution in [1.29, 1.82) is 0 Å². The molecule has 0 aliphatic heterocycles. The summed E-state index contributed by atoms with van der Waals surface area (Å²) in [7, 11) is 0. The molecular weight excluding hydrogens is 262 g/mol. The van der Waals surface area contributed by atoms with E-state index in [0.717, 1.165) is 32.1 Å². The summed E-state index contributed by atoms with van der Waals surface area (Å²) in [6, 6.07) is -1.87. The van der Waals surface area contributed by atoms with E-state index < -0.39 is 30.0 Å². The first kappa shape index (κ1) is 16.3. The van der Waals surface area contributed by atoms with Crippen LogP contribution in [-0.2, 0) is 9.59 Å². The first-order chi connectivity index (χ1) is 9.40. The number of carbonyl (C=O) groups excluding carboxylic acids is 2. The minimum absolute atomic E-state index is 0.0224. The minimum atomic E-state index is -1.02. The molecule has 2 unspecified atom stereocenters. The average Bonchev–Trinajstić information content (AvgIpc) is 2.35. The maximum atomic E-state index is 11.8. The zero-order valence-electron chi connectivity index (χ0n) is 11.7. The third-order valence-electron chi connectivity index (χ3n) is 3.56. The quantitative estimate of drug-likeness (QED) is 0.570. The third-order valence-corrected chi connectivity index (χ3v) is 3.56. The molecule has 7 heteroatoms. The van der Waals surface area contributed by atoms with E-state index >= 15 is 0 Å². The van der Waals surface area contributed by atoms with E-state index in [1.165, 1.54) is 0 Å². The van der Waals surface area contributed by atoms with E-state index in [-0.39, 0.29) is 12.3 Å². The molecule has 2 atom stereocenters. The zero-order valence-corrected chi connectivity index (χ0v) is 11.7. The number of aliphatic carboxylic acids is 1. The minimum Gasteiger partial charge on any atom is -0.480 e. The highest BCUT2D eigenvalue weighted by molar-refractivity contribution is 5.83. The molecule has 20 heavy (non-hydrogen) atoms. The molecule has 3 amide bonds. The summed E-state index contributed by atoms with van der Waals surface area (Å²) < 4.78 is 0. The number of rotatable bonds is 6. The Balaban J connectivity index is 2.50. The molecule has 0 radical (unpaired) electrons. The fraction of sp³-hybridized carbons (Fsp3) is 0.769. The summed E-state index contributed by atoms with van der Waals surface area (Å²) in [6.45, 7) is 1.64. The molecule has 1 rings (SSSR count). The lowest BCUT2D eigenvalue weighted by molar-refractivity contribution is -0.141. The summed E-state index contributed by atoms with van der Waals surface area (Å²) in [6.07, 6.45) is 4.76. The number of carbonyl (C=O) groups is 3. The van der Waals surface area contributed by atoms with Gasteiger partial charge in [0.05, 0.1) is 0 Å². The Bertz CT molecular complexity index is 367. The second-order valence-corrected chi connectivity index (χ2v) is 5.40. The van der Waals surface area contributed by atoms with Crippen LogP contribution in [0.1, 0.15) is 45.4 Å². The van der Waals surface area contributed by atoms with Crippen molar-refractivity contribution in [3.63, 3.8) is 0 Å². The van der Waals surface area contributed by atoms with Crippen molar-refractivity contribution in [2.45, 2.75) is 57.5 Å². The third kappa shape index (κ3) is 5.46. The van der Waals surface area contributed by atoms with Crippen LogP contribution in [0.25, 0.3) is 0 Å². The van der Waals surface area contributed by atoms with Gasteiger partial charge in [0, 0.05) is 12.5 Å². The first-order valence-corrected chi connectivity index (χ1v) is 6.98. The molecule has 0 aromatic carbocycles. The van der Waals surface area contributed by atoms with Gasteiger partial charge >= 0.3 is 12.0 Å². The molecule has 0 spiro atoms. The van der Waals surface area contributed by atoms with Crippen molar-refractivity contribution in [1.82, 2.24) is 10.6 Å². The lowest BCUT2D eigenvalue weighted by Gasteiger charge is -2.28. The lowest BCUT2D eigenvalue weighted by atomic mass is 9.84. The molecule has 1 aliphatic rings. The van der Waals surface area contributed by atoms with Crippen LogP contribution in [0.15, 0.2) is 0 Å². The molecule has 5 N–H and O–H groups in total. The molecule has 0 heterocycles. The van der Waals surface area contributed by atoms with Crippen molar-refractivity contribution >= 4 is 17.9 Å². The van der Waals surface area contributed by atoms with Crippen LogP contribution in [0.2, 0.25) is 0 Å². The molecule has 1 fully saturated rings. The van der Waals surface area contributed by atoms with Gasteiger partial charge in [-0.3, -0.25) is 4.79 Å². The van der Waals surface area contributed by atoms with Crippen LogP contribution in [-0.4, -0.2) is 35.1 Å². The van der Waals surface area contributed by atoms with Gasteiger partial charge in [0.15, 0.2) is 0 Å². The molecule has 114 valence electrons. The standard InChI is InChI=1S/C13H23N3O4/c1-8(7-10(14)17)15-13(20)16-11(12(18)19)9-5-3-2-4-6-9/h8-9,11H,2-7H2,1H3,(H2,14,17)(H,18,19)(H2,15,16,20). The van der Waals surface area contributed by atoms with Crippen LogP contribution in [0.3, 0.4) is 0 Å². The van der Waals surface area contributed by atoms with Gasteiger partial charge in [-0.15, -0.1) is 0 Å². The smallest absolute Gasteiger partial charge is 0.326 e. The Morgan fingerprint density at radius 3 is 2.30 bits per heavy atom. The number of amides is 3. The zero-order chi connectivity index (χ0) is 15.1. The second kappa shape index (κ2) is 7.72. The predicted molar refractivity (Wildman–Crippen MR) is 72.9 cm³/mol. The Kier molecular flexibility index (Phi) is 6.27. The maximum Gasteiger partial charge on any atom is 0.326 e. The van der Waals surface area contributed by atoms with Crippen molar-refractivity contribution in [2.24, 2.45) is 11.7 Å². The molecule has 0 bridgehead atoms. The predicted octanol–water partition coefficient (Wildman–Crippen LogP) is 0.583. The Morgan fingerprint density at radius 1 is 1.20 bits per heavy atom. The van der Waals surface area contributed by atoms with Gasteiger partial charge in [0.2, 0.25) is 5.91 Å². The summed E-state index contributed by atoms with van der Waals surface area (Å²) in [4.78, 5) is 33.8. The van der Waals surface area contributed by atoms with Gasteiger partial charge in [-0.05, 0) is 25.7 Å². The highest BCUT2D eigenvalue weighted by Gasteiger charge is 2.30. The van der Waals surface area contributed by atoms with Crippen molar-refractivity contribution < 1.29 is 19.5 Å². The van der Waals surface area contributed by atoms with Gasteiger partial charge < -0.3 is 21.5 Å². The highest BCUT2D eigenvalue weighted by Crippen LogP contribution is 2.26. The van der Waals surface area contributed by atoms with Crippen LogP contribution in [0.4, 0.5) is 4.79 Å². The van der Waals surface area contributed by atoms with E-state index in [1.807, 2.05) is 0 Å². The number of carboxylic acids is 1. The number of nitrogens with two attached hydrogens (primary N) is 1. The van der Waals surface area contributed by atoms with E-state index in [2.05, 4.69) is 10.6 Å². The Hall–Kier alpha value is -1.79. The molecular formula is C13H23N3O4. The Labute approximate surface area is 118 Å².